The molecule has 0 aliphatic heterocycles. The van der Waals surface area contributed by atoms with Gasteiger partial charge in [0, 0.05) is 0 Å². The van der Waals surface area contributed by atoms with Crippen molar-refractivity contribution in [2.45, 2.75) is 20.3 Å². The molecular weight excluding hydrogens is 107 g/mol. The molecule has 0 aromatic rings. The van der Waals surface area contributed by atoms with Crippen LogP contribution in [0.4, 0.5) is 4.39 Å². The number of hydrogen-bond acceptors (Lipinski definition) is 1. The van der Waals surface area contributed by atoms with E-state index >= 15 is 0 Å². The van der Waals surface area contributed by atoms with Gasteiger partial charge in [0.25, 0.3) is 0 Å². The summed E-state index contributed by atoms with van der Waals surface area (Å²) >= 11 is 0. The van der Waals surface area contributed by atoms with Crippen molar-refractivity contribution in [2.75, 3.05) is 13.5 Å². The Morgan fingerprint density at radius 3 is 2.62 bits per heavy atom. The average molecular weight is 120 g/mol. The lowest BCUT2D eigenvalue weighted by molar-refractivity contribution is 0.0375. The maximum absolute atomic E-state index is 11.3. The van der Waals surface area contributed by atoms with Crippen molar-refractivity contribution >= 4 is 0 Å². The minimum absolute atomic E-state index is 0.491. The van der Waals surface area contributed by atoms with Gasteiger partial charge in [-0.2, -0.15) is 0 Å². The van der Waals surface area contributed by atoms with Crippen LogP contribution >= 0.6 is 0 Å². The fraction of sp³-hybridized carbons (Fsp3) is 1.00. The van der Waals surface area contributed by atoms with E-state index in [1.807, 2.05) is 6.92 Å². The minimum atomic E-state index is -0.648. The monoisotopic (exact) mass is 120 g/mol. The molecule has 0 fully saturated rings. The standard InChI is InChI=1S/C6H13FO/c1-3-6(2)4-8-5-7/h6H,3-5H2,1-2H3. The first-order chi connectivity index (χ1) is 3.81. The summed E-state index contributed by atoms with van der Waals surface area (Å²) in [6.45, 7) is 4.00. The first-order valence-corrected chi connectivity index (χ1v) is 2.95. The van der Waals surface area contributed by atoms with Crippen LogP contribution in [0.15, 0.2) is 0 Å². The largest absolute Gasteiger partial charge is 0.350 e. The molecule has 0 heterocycles. The van der Waals surface area contributed by atoms with Crippen molar-refractivity contribution in [3.05, 3.63) is 0 Å². The van der Waals surface area contributed by atoms with Crippen LogP contribution in [0.25, 0.3) is 0 Å². The van der Waals surface area contributed by atoms with Crippen LogP contribution in [0.1, 0.15) is 20.3 Å². The Kier molecular flexibility index (Phi) is 4.97. The molecule has 0 spiro atoms. The van der Waals surface area contributed by atoms with E-state index < -0.39 is 6.86 Å². The van der Waals surface area contributed by atoms with Gasteiger partial charge >= 0.3 is 0 Å². The molecule has 0 aromatic heterocycles. The first kappa shape index (κ1) is 7.89. The molecule has 0 aliphatic rings. The SMILES string of the molecule is CCC(C)COCF. The highest BCUT2D eigenvalue weighted by Gasteiger charge is 1.95. The third-order valence-electron chi connectivity index (χ3n) is 1.18. The number of rotatable bonds is 4. The van der Waals surface area contributed by atoms with E-state index in [9.17, 15) is 4.39 Å². The first-order valence-electron chi connectivity index (χ1n) is 2.95. The van der Waals surface area contributed by atoms with Gasteiger partial charge in [0.1, 0.15) is 0 Å². The highest BCUT2D eigenvalue weighted by Crippen LogP contribution is 1.99. The molecule has 2 heteroatoms. The van der Waals surface area contributed by atoms with Gasteiger partial charge in [-0.25, -0.2) is 4.39 Å². The Hall–Kier alpha value is -0.110. The number of halogens is 1. The van der Waals surface area contributed by atoms with Gasteiger partial charge in [0.05, 0.1) is 6.61 Å². The molecule has 8 heavy (non-hydrogen) atoms. The van der Waals surface area contributed by atoms with Crippen molar-refractivity contribution in [3.63, 3.8) is 0 Å². The predicted octanol–water partition coefficient (Wildman–Crippen LogP) is 1.98. The molecule has 0 bridgehead atoms. The van der Waals surface area contributed by atoms with Crippen molar-refractivity contribution in [1.29, 1.82) is 0 Å². The highest BCUT2D eigenvalue weighted by atomic mass is 19.1. The van der Waals surface area contributed by atoms with Gasteiger partial charge in [-0.15, -0.1) is 0 Å². The molecular formula is C6H13FO. The van der Waals surface area contributed by atoms with Crippen LogP contribution in [-0.2, 0) is 4.74 Å². The second-order valence-corrected chi connectivity index (χ2v) is 1.99. The zero-order valence-corrected chi connectivity index (χ0v) is 5.48. The van der Waals surface area contributed by atoms with E-state index in [0.29, 0.717) is 12.5 Å². The van der Waals surface area contributed by atoms with E-state index in [2.05, 4.69) is 11.7 Å². The van der Waals surface area contributed by atoms with Crippen LogP contribution in [0.5, 0.6) is 0 Å². The molecule has 0 aliphatic carbocycles. The van der Waals surface area contributed by atoms with Gasteiger partial charge in [-0.3, -0.25) is 0 Å². The summed E-state index contributed by atoms with van der Waals surface area (Å²) in [5, 5.41) is 0. The van der Waals surface area contributed by atoms with Crippen LogP contribution in [-0.4, -0.2) is 13.5 Å². The summed E-state index contributed by atoms with van der Waals surface area (Å²) in [7, 11) is 0. The fourth-order valence-electron chi connectivity index (χ4n) is 0.364. The molecule has 1 atom stereocenters. The molecule has 0 rings (SSSR count). The van der Waals surface area contributed by atoms with E-state index in [1.165, 1.54) is 0 Å². The van der Waals surface area contributed by atoms with Gasteiger partial charge in [0.15, 0.2) is 6.86 Å². The molecule has 1 unspecified atom stereocenters. The third kappa shape index (κ3) is 4.06. The lowest BCUT2D eigenvalue weighted by Gasteiger charge is -2.04. The van der Waals surface area contributed by atoms with Crippen molar-refractivity contribution < 1.29 is 9.13 Å². The van der Waals surface area contributed by atoms with Crippen molar-refractivity contribution in [2.24, 2.45) is 5.92 Å². The van der Waals surface area contributed by atoms with Gasteiger partial charge in [-0.05, 0) is 5.92 Å². The number of hydrogen-bond donors (Lipinski definition) is 0. The lowest BCUT2D eigenvalue weighted by atomic mass is 10.1. The summed E-state index contributed by atoms with van der Waals surface area (Å²) in [4.78, 5) is 0. The second kappa shape index (κ2) is 5.04. The Morgan fingerprint density at radius 1 is 1.62 bits per heavy atom. The zero-order valence-electron chi connectivity index (χ0n) is 5.48. The van der Waals surface area contributed by atoms with E-state index in [0.717, 1.165) is 6.42 Å². The van der Waals surface area contributed by atoms with Crippen LogP contribution < -0.4 is 0 Å². The number of ether oxygens (including phenoxy) is 1. The molecule has 1 nitrogen and oxygen atoms in total. The summed E-state index contributed by atoms with van der Waals surface area (Å²) < 4.78 is 15.8. The van der Waals surface area contributed by atoms with Gasteiger partial charge < -0.3 is 4.74 Å². The lowest BCUT2D eigenvalue weighted by Crippen LogP contribution is -2.02. The summed E-state index contributed by atoms with van der Waals surface area (Å²) in [5.74, 6) is 0.491. The average Bonchev–Trinajstić information content (AvgIpc) is 1.83. The second-order valence-electron chi connectivity index (χ2n) is 1.99. The zero-order chi connectivity index (χ0) is 6.41. The van der Waals surface area contributed by atoms with Crippen LogP contribution in [0.2, 0.25) is 0 Å². The van der Waals surface area contributed by atoms with E-state index in [-0.39, 0.29) is 0 Å². The quantitative estimate of drug-likeness (QED) is 0.551. The third-order valence-corrected chi connectivity index (χ3v) is 1.18. The highest BCUT2D eigenvalue weighted by molar-refractivity contribution is 4.43. The molecule has 0 saturated heterocycles. The smallest absolute Gasteiger partial charge is 0.188 e. The molecule has 0 N–H and O–H groups in total. The fourth-order valence-corrected chi connectivity index (χ4v) is 0.364. The van der Waals surface area contributed by atoms with Crippen molar-refractivity contribution in [1.82, 2.24) is 0 Å². The molecule has 0 aromatic carbocycles. The molecule has 0 saturated carbocycles. The Balaban J connectivity index is 2.86. The van der Waals surface area contributed by atoms with E-state index in [4.69, 9.17) is 0 Å². The maximum Gasteiger partial charge on any atom is 0.188 e. The van der Waals surface area contributed by atoms with Gasteiger partial charge in [-0.1, -0.05) is 20.3 Å². The normalized spacial score (nSPS) is 13.9. The molecule has 0 amide bonds. The Morgan fingerprint density at radius 2 is 2.25 bits per heavy atom. The molecule has 50 valence electrons. The van der Waals surface area contributed by atoms with Gasteiger partial charge in [0.2, 0.25) is 0 Å². The minimum Gasteiger partial charge on any atom is -0.350 e. The van der Waals surface area contributed by atoms with Crippen LogP contribution in [0.3, 0.4) is 0 Å². The summed E-state index contributed by atoms with van der Waals surface area (Å²) in [5.41, 5.74) is 0. The maximum atomic E-state index is 11.3. The Labute approximate surface area is 49.8 Å². The topological polar surface area (TPSA) is 9.23 Å². The van der Waals surface area contributed by atoms with Crippen LogP contribution in [0, 0.1) is 5.92 Å². The summed E-state index contributed by atoms with van der Waals surface area (Å²) in [6, 6.07) is 0. The predicted molar refractivity (Wildman–Crippen MR) is 31.4 cm³/mol. The molecule has 0 radical (unpaired) electrons. The Bertz CT molecular complexity index is 47.8. The number of alkyl halides is 1. The summed E-state index contributed by atoms with van der Waals surface area (Å²) in [6.07, 6.45) is 1.06. The van der Waals surface area contributed by atoms with Crippen molar-refractivity contribution in [3.8, 4) is 0 Å². The van der Waals surface area contributed by atoms with E-state index in [1.54, 1.807) is 0 Å².